The Morgan fingerprint density at radius 2 is 2.12 bits per heavy atom. The predicted octanol–water partition coefficient (Wildman–Crippen LogP) is 1.88. The van der Waals surface area contributed by atoms with Crippen molar-refractivity contribution in [3.63, 3.8) is 0 Å². The second-order valence-corrected chi connectivity index (χ2v) is 4.71. The van der Waals surface area contributed by atoms with Crippen molar-refractivity contribution in [2.75, 3.05) is 18.6 Å². The first kappa shape index (κ1) is 13.6. The lowest BCUT2D eigenvalue weighted by Gasteiger charge is -2.35. The smallest absolute Gasteiger partial charge is 0.180 e. The lowest BCUT2D eigenvalue weighted by Crippen LogP contribution is -2.44. The van der Waals surface area contributed by atoms with Crippen LogP contribution >= 0.6 is 0 Å². The molecular formula is C13H20N2O2. The number of aliphatic hydroxyl groups is 1. The summed E-state index contributed by atoms with van der Waals surface area (Å²) in [7, 11) is 1.90. The third-order valence-electron chi connectivity index (χ3n) is 3.04. The number of hydrogen-bond acceptors (Lipinski definition) is 4. The van der Waals surface area contributed by atoms with Crippen molar-refractivity contribution in [1.82, 2.24) is 4.98 Å². The summed E-state index contributed by atoms with van der Waals surface area (Å²) >= 11 is 0. The fraction of sp³-hybridized carbons (Fsp3) is 0.538. The molecule has 0 fully saturated rings. The highest BCUT2D eigenvalue weighted by molar-refractivity contribution is 5.94. The number of ketones is 1. The van der Waals surface area contributed by atoms with Crippen LogP contribution in [0, 0.1) is 0 Å². The van der Waals surface area contributed by atoms with Crippen molar-refractivity contribution in [2.45, 2.75) is 32.7 Å². The number of pyridine rings is 1. The molecule has 17 heavy (non-hydrogen) atoms. The molecule has 0 aliphatic carbocycles. The fourth-order valence-electron chi connectivity index (χ4n) is 1.39. The van der Waals surface area contributed by atoms with Gasteiger partial charge < -0.3 is 10.0 Å². The van der Waals surface area contributed by atoms with Gasteiger partial charge in [-0.05, 0) is 26.0 Å². The molecule has 94 valence electrons. The number of nitrogens with zero attached hydrogens (tertiary/aromatic N) is 2. The van der Waals surface area contributed by atoms with E-state index in [1.54, 1.807) is 12.3 Å². The molecule has 0 bridgehead atoms. The van der Waals surface area contributed by atoms with Crippen molar-refractivity contribution in [1.29, 1.82) is 0 Å². The van der Waals surface area contributed by atoms with Crippen LogP contribution in [0.2, 0.25) is 0 Å². The van der Waals surface area contributed by atoms with Crippen LogP contribution in [0.4, 0.5) is 5.69 Å². The maximum absolute atomic E-state index is 11.4. The molecule has 1 rings (SSSR count). The minimum Gasteiger partial charge on any atom is -0.394 e. The first-order valence-electron chi connectivity index (χ1n) is 5.76. The Labute approximate surface area is 102 Å². The molecule has 0 aliphatic heterocycles. The highest BCUT2D eigenvalue weighted by atomic mass is 16.3. The third kappa shape index (κ3) is 3.03. The van der Waals surface area contributed by atoms with Crippen molar-refractivity contribution < 1.29 is 9.90 Å². The summed E-state index contributed by atoms with van der Waals surface area (Å²) in [6.45, 7) is 5.76. The van der Waals surface area contributed by atoms with Gasteiger partial charge in [-0.1, -0.05) is 6.92 Å². The van der Waals surface area contributed by atoms with Gasteiger partial charge in [-0.3, -0.25) is 9.78 Å². The van der Waals surface area contributed by atoms with Gasteiger partial charge in [-0.25, -0.2) is 0 Å². The molecule has 4 nitrogen and oxygen atoms in total. The van der Waals surface area contributed by atoms with Crippen molar-refractivity contribution in [2.24, 2.45) is 0 Å². The predicted molar refractivity (Wildman–Crippen MR) is 68.4 cm³/mol. The van der Waals surface area contributed by atoms with Crippen molar-refractivity contribution in [3.05, 3.63) is 24.0 Å². The van der Waals surface area contributed by atoms with E-state index in [1.807, 2.05) is 38.8 Å². The maximum atomic E-state index is 11.4. The summed E-state index contributed by atoms with van der Waals surface area (Å²) in [5, 5.41) is 9.29. The molecule has 0 spiro atoms. The zero-order valence-electron chi connectivity index (χ0n) is 10.9. The number of carbonyl (C=O) groups excluding carboxylic acids is 1. The quantitative estimate of drug-likeness (QED) is 0.793. The summed E-state index contributed by atoms with van der Waals surface area (Å²) in [4.78, 5) is 17.5. The second kappa shape index (κ2) is 5.27. The Morgan fingerprint density at radius 1 is 1.47 bits per heavy atom. The minimum absolute atomic E-state index is 0.0422. The average Bonchev–Trinajstić information content (AvgIpc) is 2.37. The van der Waals surface area contributed by atoms with Crippen LogP contribution in [0.25, 0.3) is 0 Å². The number of carbonyl (C=O) groups is 1. The van der Waals surface area contributed by atoms with Crippen LogP contribution in [-0.4, -0.2) is 35.1 Å². The second-order valence-electron chi connectivity index (χ2n) is 4.71. The first-order chi connectivity index (χ1) is 7.92. The van der Waals surface area contributed by atoms with Gasteiger partial charge >= 0.3 is 0 Å². The van der Waals surface area contributed by atoms with E-state index in [0.717, 1.165) is 5.69 Å². The lowest BCUT2D eigenvalue weighted by molar-refractivity contribution is 0.0983. The number of aromatic nitrogens is 1. The van der Waals surface area contributed by atoms with Crippen LogP contribution < -0.4 is 4.90 Å². The molecule has 0 saturated heterocycles. The van der Waals surface area contributed by atoms with Gasteiger partial charge in [0.1, 0.15) is 5.69 Å². The largest absolute Gasteiger partial charge is 0.394 e. The standard InChI is InChI=1S/C13H20N2O2/c1-5-12(17)11-7-6-10(8-14-11)15(4)13(2,3)9-16/h6-8,16H,5,9H2,1-4H3. The number of anilines is 1. The Kier molecular flexibility index (Phi) is 4.23. The molecule has 1 aromatic heterocycles. The average molecular weight is 236 g/mol. The monoisotopic (exact) mass is 236 g/mol. The van der Waals surface area contributed by atoms with Gasteiger partial charge in [0.15, 0.2) is 5.78 Å². The number of hydrogen-bond donors (Lipinski definition) is 1. The number of aliphatic hydroxyl groups excluding tert-OH is 1. The Balaban J connectivity index is 2.91. The molecule has 0 atom stereocenters. The number of Topliss-reactive ketones (excluding diaryl/α,β-unsaturated/α-hetero) is 1. The van der Waals surface area contributed by atoms with E-state index in [9.17, 15) is 9.90 Å². The molecule has 0 radical (unpaired) electrons. The van der Waals surface area contributed by atoms with E-state index in [-0.39, 0.29) is 17.9 Å². The van der Waals surface area contributed by atoms with Gasteiger partial charge in [0.05, 0.1) is 24.0 Å². The minimum atomic E-state index is -0.349. The molecule has 0 amide bonds. The van der Waals surface area contributed by atoms with Crippen molar-refractivity contribution >= 4 is 11.5 Å². The molecule has 0 unspecified atom stereocenters. The summed E-state index contributed by atoms with van der Waals surface area (Å²) in [6.07, 6.45) is 2.13. The van der Waals surface area contributed by atoms with E-state index in [4.69, 9.17) is 0 Å². The van der Waals surface area contributed by atoms with Crippen LogP contribution in [0.5, 0.6) is 0 Å². The Morgan fingerprint density at radius 3 is 2.53 bits per heavy atom. The van der Waals surface area contributed by atoms with Crippen LogP contribution in [0.3, 0.4) is 0 Å². The van der Waals surface area contributed by atoms with Gasteiger partial charge in [0.25, 0.3) is 0 Å². The van der Waals surface area contributed by atoms with Gasteiger partial charge in [-0.2, -0.15) is 0 Å². The first-order valence-corrected chi connectivity index (χ1v) is 5.76. The Hall–Kier alpha value is -1.42. The van der Waals surface area contributed by atoms with E-state index < -0.39 is 0 Å². The number of likely N-dealkylation sites (N-methyl/N-ethyl adjacent to an activating group) is 1. The Bertz CT molecular complexity index is 385. The maximum Gasteiger partial charge on any atom is 0.180 e. The molecule has 4 heteroatoms. The molecule has 1 heterocycles. The molecule has 0 aromatic carbocycles. The molecular weight excluding hydrogens is 216 g/mol. The van der Waals surface area contributed by atoms with Crippen LogP contribution in [-0.2, 0) is 0 Å². The van der Waals surface area contributed by atoms with Gasteiger partial charge in [-0.15, -0.1) is 0 Å². The molecule has 1 aromatic rings. The molecule has 1 N–H and O–H groups in total. The van der Waals surface area contributed by atoms with Crippen LogP contribution in [0.15, 0.2) is 18.3 Å². The van der Waals surface area contributed by atoms with Gasteiger partial charge in [0, 0.05) is 13.5 Å². The topological polar surface area (TPSA) is 53.4 Å². The zero-order valence-corrected chi connectivity index (χ0v) is 10.9. The number of rotatable bonds is 5. The van der Waals surface area contributed by atoms with E-state index in [2.05, 4.69) is 4.98 Å². The van der Waals surface area contributed by atoms with Gasteiger partial charge in [0.2, 0.25) is 0 Å². The summed E-state index contributed by atoms with van der Waals surface area (Å²) in [6, 6.07) is 3.58. The zero-order chi connectivity index (χ0) is 13.1. The third-order valence-corrected chi connectivity index (χ3v) is 3.04. The van der Waals surface area contributed by atoms with E-state index >= 15 is 0 Å². The normalized spacial score (nSPS) is 11.4. The summed E-state index contributed by atoms with van der Waals surface area (Å²) < 4.78 is 0. The van der Waals surface area contributed by atoms with E-state index in [1.165, 1.54) is 0 Å². The summed E-state index contributed by atoms with van der Waals surface area (Å²) in [5.41, 5.74) is 1.03. The summed E-state index contributed by atoms with van der Waals surface area (Å²) in [5.74, 6) is 0.0422. The van der Waals surface area contributed by atoms with E-state index in [0.29, 0.717) is 12.1 Å². The molecule has 0 aliphatic rings. The molecule has 0 saturated carbocycles. The SMILES string of the molecule is CCC(=O)c1ccc(N(C)C(C)(C)CO)cn1. The highest BCUT2D eigenvalue weighted by Gasteiger charge is 2.23. The van der Waals surface area contributed by atoms with Crippen molar-refractivity contribution in [3.8, 4) is 0 Å². The highest BCUT2D eigenvalue weighted by Crippen LogP contribution is 2.21. The van der Waals surface area contributed by atoms with Crippen LogP contribution in [0.1, 0.15) is 37.7 Å². The fourth-order valence-corrected chi connectivity index (χ4v) is 1.39. The lowest BCUT2D eigenvalue weighted by atomic mass is 10.0.